The maximum Gasteiger partial charge on any atom is 0.328 e. The van der Waals surface area contributed by atoms with Crippen molar-refractivity contribution >= 4 is 79.9 Å². The molecule has 2 amide bonds. The molecular weight excluding hydrogens is 671 g/mol. The summed E-state index contributed by atoms with van der Waals surface area (Å²) in [5.41, 5.74) is 3.50. The van der Waals surface area contributed by atoms with Gasteiger partial charge in [0, 0.05) is 44.1 Å². The fraction of sp³-hybridized carbons (Fsp3) is 0.0625. The SMILES string of the molecule is O=C(O)C=CC(=O)Nc1nc(-c2ccccc2Cl)cs1.O=C(O)C[C@H](C(=O)Nc1nc(-c2ccccc2Cl)cs1)c1ccccc1. The standard InChI is InChI=1S/C19H15ClN2O3S.C13H9ClN2O3S/c20-15-9-5-4-8-13(15)16-11-26-19(21-16)22-18(25)14(10-17(23)24)12-6-2-1-3-7-12;14-9-4-2-1-3-8(9)10-7-20-13(15-10)16-11(17)5-6-12(18)19/h1-9,11,14H,10H2,(H,23,24)(H,21,22,25);1-7H,(H,18,19)(H,15,16,17)/t14-;/m0./s1. The van der Waals surface area contributed by atoms with Gasteiger partial charge in [0.15, 0.2) is 10.3 Å². The fourth-order valence-electron chi connectivity index (χ4n) is 3.96. The third kappa shape index (κ3) is 9.81. The van der Waals surface area contributed by atoms with Crippen LogP contribution in [-0.4, -0.2) is 43.9 Å². The zero-order valence-electron chi connectivity index (χ0n) is 23.6. The monoisotopic (exact) mass is 694 g/mol. The largest absolute Gasteiger partial charge is 0.481 e. The van der Waals surface area contributed by atoms with Crippen LogP contribution in [0.25, 0.3) is 22.5 Å². The van der Waals surface area contributed by atoms with E-state index in [1.54, 1.807) is 47.2 Å². The number of thiazole rings is 2. The van der Waals surface area contributed by atoms with Crippen molar-refractivity contribution in [1.82, 2.24) is 9.97 Å². The van der Waals surface area contributed by atoms with Crippen LogP contribution in [0.3, 0.4) is 0 Å². The molecule has 0 bridgehead atoms. The van der Waals surface area contributed by atoms with E-state index in [9.17, 15) is 19.2 Å². The quantitative estimate of drug-likeness (QED) is 0.108. The number of nitrogens with zero attached hydrogens (tertiary/aromatic N) is 2. The van der Waals surface area contributed by atoms with E-state index in [1.165, 1.54) is 22.7 Å². The molecule has 0 radical (unpaired) electrons. The molecule has 5 aromatic rings. The van der Waals surface area contributed by atoms with Crippen molar-refractivity contribution in [3.63, 3.8) is 0 Å². The first-order valence-electron chi connectivity index (χ1n) is 13.3. The lowest BCUT2D eigenvalue weighted by Gasteiger charge is -2.14. The van der Waals surface area contributed by atoms with E-state index >= 15 is 0 Å². The van der Waals surface area contributed by atoms with Crippen LogP contribution in [0.1, 0.15) is 17.9 Å². The summed E-state index contributed by atoms with van der Waals surface area (Å²) >= 11 is 14.7. The first kappa shape index (κ1) is 34.0. The van der Waals surface area contributed by atoms with Gasteiger partial charge in [-0.05, 0) is 17.7 Å². The predicted molar refractivity (Wildman–Crippen MR) is 181 cm³/mol. The number of aromatic nitrogens is 2. The molecule has 46 heavy (non-hydrogen) atoms. The van der Waals surface area contributed by atoms with Gasteiger partial charge in [-0.15, -0.1) is 22.7 Å². The van der Waals surface area contributed by atoms with Crippen LogP contribution < -0.4 is 10.6 Å². The summed E-state index contributed by atoms with van der Waals surface area (Å²) in [4.78, 5) is 54.1. The third-order valence-corrected chi connectivity index (χ3v) is 8.22. The lowest BCUT2D eigenvalue weighted by atomic mass is 9.95. The van der Waals surface area contributed by atoms with E-state index in [1.807, 2.05) is 42.5 Å². The van der Waals surface area contributed by atoms with Gasteiger partial charge in [-0.2, -0.15) is 0 Å². The molecule has 0 saturated carbocycles. The predicted octanol–water partition coefficient (Wildman–Crippen LogP) is 7.70. The molecule has 3 aromatic carbocycles. The molecule has 0 fully saturated rings. The molecule has 0 saturated heterocycles. The Balaban J connectivity index is 0.000000216. The minimum Gasteiger partial charge on any atom is -0.481 e. The molecule has 0 spiro atoms. The number of aliphatic carboxylic acids is 2. The van der Waals surface area contributed by atoms with Gasteiger partial charge < -0.3 is 15.5 Å². The molecule has 14 heteroatoms. The maximum atomic E-state index is 12.6. The van der Waals surface area contributed by atoms with E-state index in [0.717, 1.165) is 23.3 Å². The summed E-state index contributed by atoms with van der Waals surface area (Å²) in [6.45, 7) is 0. The highest BCUT2D eigenvalue weighted by Gasteiger charge is 2.24. The lowest BCUT2D eigenvalue weighted by Crippen LogP contribution is -2.23. The number of rotatable bonds is 10. The van der Waals surface area contributed by atoms with E-state index < -0.39 is 29.7 Å². The van der Waals surface area contributed by atoms with E-state index in [-0.39, 0.29) is 6.42 Å². The fourth-order valence-corrected chi connectivity index (χ4v) is 5.85. The summed E-state index contributed by atoms with van der Waals surface area (Å²) in [7, 11) is 0. The number of benzene rings is 3. The van der Waals surface area contributed by atoms with Gasteiger partial charge in [-0.3, -0.25) is 19.7 Å². The zero-order chi connectivity index (χ0) is 33.1. The summed E-state index contributed by atoms with van der Waals surface area (Å²) in [6.07, 6.45) is 1.40. The highest BCUT2D eigenvalue weighted by Crippen LogP contribution is 2.32. The second-order valence-corrected chi connectivity index (χ2v) is 11.8. The molecule has 5 rings (SSSR count). The molecule has 0 unspecified atom stereocenters. The molecule has 10 nitrogen and oxygen atoms in total. The van der Waals surface area contributed by atoms with Crippen LogP contribution in [0.2, 0.25) is 10.0 Å². The Morgan fingerprint density at radius 3 is 1.72 bits per heavy atom. The van der Waals surface area contributed by atoms with Crippen molar-refractivity contribution in [2.45, 2.75) is 12.3 Å². The number of halogens is 2. The summed E-state index contributed by atoms with van der Waals surface area (Å²) in [5, 5.41) is 28.2. The van der Waals surface area contributed by atoms with Gasteiger partial charge in [0.05, 0.1) is 23.7 Å². The number of amides is 2. The number of carbonyl (C=O) groups excluding carboxylic acids is 2. The van der Waals surface area contributed by atoms with Gasteiger partial charge in [0.1, 0.15) is 0 Å². The van der Waals surface area contributed by atoms with Crippen molar-refractivity contribution in [2.24, 2.45) is 0 Å². The van der Waals surface area contributed by atoms with Gasteiger partial charge in [0.25, 0.3) is 0 Å². The Hall–Kier alpha value is -4.88. The maximum absolute atomic E-state index is 12.6. The van der Waals surface area contributed by atoms with Crippen molar-refractivity contribution in [3.05, 3.63) is 117 Å². The van der Waals surface area contributed by atoms with Crippen LogP contribution in [0.5, 0.6) is 0 Å². The number of anilines is 2. The first-order valence-corrected chi connectivity index (χ1v) is 15.8. The normalized spacial score (nSPS) is 11.3. The number of hydrogen-bond acceptors (Lipinski definition) is 8. The minimum atomic E-state index is -1.18. The van der Waals surface area contributed by atoms with Gasteiger partial charge >= 0.3 is 11.9 Å². The molecule has 0 aliphatic heterocycles. The highest BCUT2D eigenvalue weighted by atomic mass is 35.5. The number of hydrogen-bond donors (Lipinski definition) is 4. The Labute approximate surface area is 281 Å². The average molecular weight is 696 g/mol. The van der Waals surface area contributed by atoms with E-state index in [0.29, 0.717) is 37.3 Å². The second-order valence-electron chi connectivity index (χ2n) is 9.25. The Kier molecular flexibility index (Phi) is 12.1. The van der Waals surface area contributed by atoms with Gasteiger partial charge in [0.2, 0.25) is 11.8 Å². The van der Waals surface area contributed by atoms with Crippen LogP contribution >= 0.6 is 45.9 Å². The number of carboxylic acids is 2. The summed E-state index contributed by atoms with van der Waals surface area (Å²) < 4.78 is 0. The van der Waals surface area contributed by atoms with E-state index in [2.05, 4.69) is 20.6 Å². The molecule has 0 aliphatic rings. The number of nitrogens with one attached hydrogen (secondary N) is 2. The van der Waals surface area contributed by atoms with Gasteiger partial charge in [-0.1, -0.05) is 89.9 Å². The molecule has 234 valence electrons. The van der Waals surface area contributed by atoms with Crippen molar-refractivity contribution < 1.29 is 29.4 Å². The number of carboxylic acid groups (broad SMARTS) is 2. The number of carbonyl (C=O) groups is 4. The lowest BCUT2D eigenvalue weighted by molar-refractivity contribution is -0.139. The van der Waals surface area contributed by atoms with Crippen LogP contribution in [0.4, 0.5) is 10.3 Å². The van der Waals surface area contributed by atoms with Crippen LogP contribution in [0.15, 0.2) is 102 Å². The molecular formula is C32H24Cl2N4O6S2. The van der Waals surface area contributed by atoms with Crippen LogP contribution in [-0.2, 0) is 19.2 Å². The Morgan fingerprint density at radius 2 is 1.22 bits per heavy atom. The van der Waals surface area contributed by atoms with Crippen molar-refractivity contribution in [1.29, 1.82) is 0 Å². The minimum absolute atomic E-state index is 0.293. The Morgan fingerprint density at radius 1 is 0.717 bits per heavy atom. The smallest absolute Gasteiger partial charge is 0.328 e. The highest BCUT2D eigenvalue weighted by molar-refractivity contribution is 7.14. The molecule has 0 aliphatic carbocycles. The van der Waals surface area contributed by atoms with Gasteiger partial charge in [-0.25, -0.2) is 14.8 Å². The van der Waals surface area contributed by atoms with Crippen LogP contribution in [0, 0.1) is 0 Å². The second kappa shape index (κ2) is 16.4. The molecule has 2 heterocycles. The van der Waals surface area contributed by atoms with Crippen molar-refractivity contribution in [3.8, 4) is 22.5 Å². The first-order chi connectivity index (χ1) is 22.1. The Bertz CT molecular complexity index is 1880. The van der Waals surface area contributed by atoms with E-state index in [4.69, 9.17) is 33.4 Å². The molecule has 4 N–H and O–H groups in total. The van der Waals surface area contributed by atoms with Crippen molar-refractivity contribution in [2.75, 3.05) is 10.6 Å². The zero-order valence-corrected chi connectivity index (χ0v) is 26.7. The summed E-state index contributed by atoms with van der Waals surface area (Å²) in [5.74, 6) is -3.96. The molecule has 1 atom stereocenters. The molecule has 2 aromatic heterocycles. The topological polar surface area (TPSA) is 159 Å². The third-order valence-electron chi connectivity index (χ3n) is 6.04. The summed E-state index contributed by atoms with van der Waals surface area (Å²) in [6, 6.07) is 23.4. The average Bonchev–Trinajstić information content (AvgIpc) is 3.70.